The number of aryl methyl sites for hydroxylation is 1. The first-order valence-electron chi connectivity index (χ1n) is 7.27. The van der Waals surface area contributed by atoms with Crippen LogP contribution in [-0.2, 0) is 6.42 Å². The number of ketones is 1. The molecule has 1 aliphatic carbocycles. The summed E-state index contributed by atoms with van der Waals surface area (Å²) in [6.45, 7) is 0. The number of allylic oxidation sites excluding steroid dienone is 1. The fourth-order valence-electron chi connectivity index (χ4n) is 2.75. The monoisotopic (exact) mass is 323 g/mol. The average molecular weight is 323 g/mol. The molecule has 23 heavy (non-hydrogen) atoms. The van der Waals surface area contributed by atoms with E-state index in [1.54, 1.807) is 24.5 Å². The Bertz CT molecular complexity index is 906. The number of hydrogen-bond acceptors (Lipinski definition) is 5. The zero-order chi connectivity index (χ0) is 15.8. The van der Waals surface area contributed by atoms with Gasteiger partial charge in [0.15, 0.2) is 16.6 Å². The third-order valence-electron chi connectivity index (χ3n) is 3.86. The van der Waals surface area contributed by atoms with Crippen LogP contribution >= 0.6 is 11.3 Å². The molecule has 0 saturated heterocycles. The fourth-order valence-corrected chi connectivity index (χ4v) is 3.49. The number of aromatic hydroxyl groups is 1. The van der Waals surface area contributed by atoms with Gasteiger partial charge in [-0.15, -0.1) is 11.3 Å². The maximum Gasteiger partial charge on any atom is 0.189 e. The normalized spacial score (nSPS) is 15.8. The number of carbonyl (C=O) groups is 1. The summed E-state index contributed by atoms with van der Waals surface area (Å²) >= 11 is 1.49. The van der Waals surface area contributed by atoms with Gasteiger partial charge >= 0.3 is 0 Å². The molecule has 2 aromatic heterocycles. The third kappa shape index (κ3) is 2.59. The van der Waals surface area contributed by atoms with Crippen molar-refractivity contribution in [2.75, 3.05) is 0 Å². The summed E-state index contributed by atoms with van der Waals surface area (Å²) in [5.41, 5.74) is 3.09. The molecule has 1 aromatic carbocycles. The highest BCUT2D eigenvalue weighted by Crippen LogP contribution is 2.30. The minimum absolute atomic E-state index is 0.0128. The topological polar surface area (TPSA) is 63.3 Å². The van der Waals surface area contributed by atoms with Crippen molar-refractivity contribution >= 4 is 23.2 Å². The van der Waals surface area contributed by atoms with Crippen molar-refractivity contribution in [3.05, 3.63) is 64.4 Å². The first kappa shape index (κ1) is 14.0. The number of aromatic nitrogens is 1. The molecule has 0 amide bonds. The minimum Gasteiger partial charge on any atom is -0.508 e. The molecule has 5 heteroatoms. The van der Waals surface area contributed by atoms with E-state index in [1.165, 1.54) is 11.3 Å². The van der Waals surface area contributed by atoms with Crippen LogP contribution in [0.15, 0.2) is 52.0 Å². The second-order valence-electron chi connectivity index (χ2n) is 5.39. The fraction of sp³-hybridized carbons (Fsp3) is 0.111. The number of furan rings is 1. The SMILES string of the molecule is O=C1/C(=C\c2csc(-c3ccco3)n2)CCc2cc(O)ccc21. The number of nitrogens with zero attached hydrogens (tertiary/aromatic N) is 1. The molecule has 0 fully saturated rings. The van der Waals surface area contributed by atoms with Gasteiger partial charge in [0.2, 0.25) is 0 Å². The quantitative estimate of drug-likeness (QED) is 0.713. The van der Waals surface area contributed by atoms with Gasteiger partial charge in [0.05, 0.1) is 12.0 Å². The van der Waals surface area contributed by atoms with E-state index in [0.29, 0.717) is 12.0 Å². The van der Waals surface area contributed by atoms with Crippen molar-refractivity contribution in [1.29, 1.82) is 0 Å². The van der Waals surface area contributed by atoms with E-state index in [2.05, 4.69) is 4.98 Å². The van der Waals surface area contributed by atoms with Crippen LogP contribution < -0.4 is 0 Å². The number of phenols is 1. The maximum absolute atomic E-state index is 12.6. The molecule has 0 radical (unpaired) electrons. The standard InChI is InChI=1S/C18H13NO3S/c20-14-5-6-15-11(9-14)3-4-12(17(15)21)8-13-10-23-18(19-13)16-2-1-7-22-16/h1-2,5-10,20H,3-4H2/b12-8-. The number of hydrogen-bond donors (Lipinski definition) is 1. The summed E-state index contributed by atoms with van der Waals surface area (Å²) in [5.74, 6) is 0.945. The molecule has 0 aliphatic heterocycles. The van der Waals surface area contributed by atoms with E-state index in [9.17, 15) is 9.90 Å². The van der Waals surface area contributed by atoms with Crippen LogP contribution in [0.25, 0.3) is 16.8 Å². The van der Waals surface area contributed by atoms with Gasteiger partial charge in [-0.25, -0.2) is 4.98 Å². The van der Waals surface area contributed by atoms with Crippen molar-refractivity contribution in [2.45, 2.75) is 12.8 Å². The van der Waals surface area contributed by atoms with Gasteiger partial charge in [0.25, 0.3) is 0 Å². The lowest BCUT2D eigenvalue weighted by molar-refractivity contribution is 0.102. The molecular formula is C18H13NO3S. The number of carbonyl (C=O) groups excluding carboxylic acids is 1. The molecule has 0 atom stereocenters. The van der Waals surface area contributed by atoms with Crippen molar-refractivity contribution in [3.8, 4) is 16.5 Å². The third-order valence-corrected chi connectivity index (χ3v) is 4.74. The molecule has 0 spiro atoms. The predicted octanol–water partition coefficient (Wildman–Crippen LogP) is 4.32. The predicted molar refractivity (Wildman–Crippen MR) is 88.6 cm³/mol. The number of Topliss-reactive ketones (excluding diaryl/α,β-unsaturated/α-hetero) is 1. The largest absolute Gasteiger partial charge is 0.508 e. The zero-order valence-corrected chi connectivity index (χ0v) is 13.0. The van der Waals surface area contributed by atoms with Gasteiger partial charge in [-0.2, -0.15) is 0 Å². The summed E-state index contributed by atoms with van der Waals surface area (Å²) in [4.78, 5) is 17.1. The highest BCUT2D eigenvalue weighted by atomic mass is 32.1. The lowest BCUT2D eigenvalue weighted by Gasteiger charge is -2.17. The Kier molecular flexibility index (Phi) is 3.35. The Hall–Kier alpha value is -2.66. The van der Waals surface area contributed by atoms with E-state index >= 15 is 0 Å². The van der Waals surface area contributed by atoms with Crippen LogP contribution in [0.3, 0.4) is 0 Å². The average Bonchev–Trinajstić information content (AvgIpc) is 3.21. The van der Waals surface area contributed by atoms with Gasteiger partial charge in [0, 0.05) is 16.5 Å². The molecule has 3 aromatic rings. The summed E-state index contributed by atoms with van der Waals surface area (Å²) < 4.78 is 5.34. The van der Waals surface area contributed by atoms with E-state index in [1.807, 2.05) is 23.6 Å². The van der Waals surface area contributed by atoms with Crippen LogP contribution in [0.5, 0.6) is 5.75 Å². The maximum atomic E-state index is 12.6. The Morgan fingerprint density at radius 2 is 2.17 bits per heavy atom. The van der Waals surface area contributed by atoms with Crippen LogP contribution in [-0.4, -0.2) is 15.9 Å². The number of fused-ring (bicyclic) bond motifs is 1. The molecule has 4 rings (SSSR count). The van der Waals surface area contributed by atoms with Gasteiger partial charge < -0.3 is 9.52 Å². The number of rotatable bonds is 2. The van der Waals surface area contributed by atoms with Crippen LogP contribution in [0.4, 0.5) is 0 Å². The number of benzene rings is 1. The Morgan fingerprint density at radius 1 is 1.26 bits per heavy atom. The van der Waals surface area contributed by atoms with E-state index < -0.39 is 0 Å². The van der Waals surface area contributed by atoms with Crippen molar-refractivity contribution in [3.63, 3.8) is 0 Å². The van der Waals surface area contributed by atoms with E-state index in [0.717, 1.165) is 34.0 Å². The van der Waals surface area contributed by atoms with Crippen LogP contribution in [0.2, 0.25) is 0 Å². The van der Waals surface area contributed by atoms with E-state index in [-0.39, 0.29) is 11.5 Å². The summed E-state index contributed by atoms with van der Waals surface area (Å²) in [7, 11) is 0. The van der Waals surface area contributed by atoms with Crippen molar-refractivity contribution < 1.29 is 14.3 Å². The lowest BCUT2D eigenvalue weighted by Crippen LogP contribution is -2.13. The van der Waals surface area contributed by atoms with Gasteiger partial charge in [0.1, 0.15) is 5.75 Å². The molecule has 4 nitrogen and oxygen atoms in total. The van der Waals surface area contributed by atoms with Gasteiger partial charge in [-0.05, 0) is 54.8 Å². The summed E-state index contributed by atoms with van der Waals surface area (Å²) in [6, 6.07) is 8.60. The second-order valence-corrected chi connectivity index (χ2v) is 6.25. The zero-order valence-electron chi connectivity index (χ0n) is 12.2. The number of thiazole rings is 1. The van der Waals surface area contributed by atoms with Crippen molar-refractivity contribution in [2.24, 2.45) is 0 Å². The molecule has 2 heterocycles. The van der Waals surface area contributed by atoms with Gasteiger partial charge in [-0.3, -0.25) is 4.79 Å². The molecule has 0 saturated carbocycles. The highest BCUT2D eigenvalue weighted by Gasteiger charge is 2.22. The smallest absolute Gasteiger partial charge is 0.189 e. The van der Waals surface area contributed by atoms with Gasteiger partial charge in [-0.1, -0.05) is 0 Å². The molecule has 1 aliphatic rings. The molecular weight excluding hydrogens is 310 g/mol. The first-order valence-corrected chi connectivity index (χ1v) is 8.15. The Balaban J connectivity index is 1.65. The lowest BCUT2D eigenvalue weighted by atomic mass is 9.86. The Morgan fingerprint density at radius 3 is 3.00 bits per heavy atom. The van der Waals surface area contributed by atoms with Crippen LogP contribution in [0.1, 0.15) is 28.0 Å². The minimum atomic E-state index is 0.0128. The highest BCUT2D eigenvalue weighted by molar-refractivity contribution is 7.13. The first-order chi connectivity index (χ1) is 11.2. The van der Waals surface area contributed by atoms with Crippen molar-refractivity contribution in [1.82, 2.24) is 4.98 Å². The van der Waals surface area contributed by atoms with E-state index in [4.69, 9.17) is 4.42 Å². The summed E-state index contributed by atoms with van der Waals surface area (Å²) in [5, 5.41) is 12.2. The molecule has 1 N–H and O–H groups in total. The molecule has 0 bridgehead atoms. The second kappa shape index (κ2) is 5.52. The van der Waals surface area contributed by atoms with Crippen LogP contribution in [0, 0.1) is 0 Å². The molecule has 0 unspecified atom stereocenters. The Labute approximate surface area is 136 Å². The molecule has 114 valence electrons. The number of phenolic OH excluding ortho intramolecular Hbond substituents is 1. The summed E-state index contributed by atoms with van der Waals surface area (Å²) in [6.07, 6.45) is 4.87.